The van der Waals surface area contributed by atoms with Crippen LogP contribution >= 0.6 is 12.4 Å². The fraction of sp³-hybridized carbons (Fsp3) is 0.348. The second-order valence-electron chi connectivity index (χ2n) is 7.54. The largest absolute Gasteiger partial charge is 0.494 e. The molecule has 10 heteroatoms. The maximum atomic E-state index is 14.1. The van der Waals surface area contributed by atoms with Gasteiger partial charge >= 0.3 is 6.09 Å². The summed E-state index contributed by atoms with van der Waals surface area (Å²) in [6.07, 6.45) is 0.355. The van der Waals surface area contributed by atoms with Crippen molar-refractivity contribution in [2.75, 3.05) is 26.2 Å². The lowest BCUT2D eigenvalue weighted by molar-refractivity contribution is 0.0827. The Morgan fingerprint density at radius 1 is 1.24 bits per heavy atom. The molecule has 2 heterocycles. The fourth-order valence-corrected chi connectivity index (χ4v) is 3.48. The van der Waals surface area contributed by atoms with Crippen molar-refractivity contribution >= 4 is 18.5 Å². The molecule has 1 aliphatic heterocycles. The summed E-state index contributed by atoms with van der Waals surface area (Å²) in [5, 5.41) is 11.0. The molecule has 0 unspecified atom stereocenters. The number of carbonyl (C=O) groups excluding carboxylic acids is 1. The molecule has 1 aromatic heterocycles. The van der Waals surface area contributed by atoms with Gasteiger partial charge in [0.25, 0.3) is 5.89 Å². The minimum Gasteiger partial charge on any atom is -0.494 e. The molecule has 0 radical (unpaired) electrons. The van der Waals surface area contributed by atoms with Crippen molar-refractivity contribution in [1.82, 2.24) is 20.4 Å². The summed E-state index contributed by atoms with van der Waals surface area (Å²) in [6, 6.07) is 14.1. The molecule has 1 N–H and O–H groups in total. The predicted octanol–water partition coefficient (Wildman–Crippen LogP) is 3.99. The number of hydrogen-bond donors (Lipinski definition) is 1. The molecule has 2 aromatic carbocycles. The number of amides is 1. The molecule has 1 atom stereocenters. The van der Waals surface area contributed by atoms with Crippen molar-refractivity contribution in [1.29, 1.82) is 0 Å². The second kappa shape index (κ2) is 11.6. The van der Waals surface area contributed by atoms with Crippen LogP contribution in [0.25, 0.3) is 11.5 Å². The normalized spacial score (nSPS) is 15.6. The van der Waals surface area contributed by atoms with Crippen molar-refractivity contribution < 1.29 is 23.1 Å². The van der Waals surface area contributed by atoms with Gasteiger partial charge in [0.05, 0.1) is 12.2 Å². The number of hydrogen-bond acceptors (Lipinski definition) is 7. The van der Waals surface area contributed by atoms with E-state index in [4.69, 9.17) is 13.9 Å². The van der Waals surface area contributed by atoms with Gasteiger partial charge in [0, 0.05) is 32.6 Å². The van der Waals surface area contributed by atoms with E-state index < -0.39 is 5.82 Å². The number of rotatable bonds is 7. The number of aryl methyl sites for hydroxylation is 1. The molecule has 176 valence electrons. The van der Waals surface area contributed by atoms with Crippen LogP contribution < -0.4 is 10.1 Å². The predicted molar refractivity (Wildman–Crippen MR) is 122 cm³/mol. The SMILES string of the molecule is Cc1nnc(-c2cc(OCC[C@@H]3CN(C(=O)OCc4ccccc4)CCN3)ccc2F)o1.Cl. The Morgan fingerprint density at radius 3 is 2.82 bits per heavy atom. The molecule has 1 fully saturated rings. The van der Waals surface area contributed by atoms with Gasteiger partial charge < -0.3 is 24.1 Å². The first-order chi connectivity index (χ1) is 15.6. The van der Waals surface area contributed by atoms with Crippen molar-refractivity contribution in [3.05, 3.63) is 65.8 Å². The van der Waals surface area contributed by atoms with Crippen LogP contribution in [0.5, 0.6) is 5.75 Å². The minimum atomic E-state index is -0.459. The van der Waals surface area contributed by atoms with Gasteiger partial charge in [-0.25, -0.2) is 9.18 Å². The molecular formula is C23H26ClFN4O4. The fourth-order valence-electron chi connectivity index (χ4n) is 3.48. The van der Waals surface area contributed by atoms with E-state index in [1.165, 1.54) is 6.07 Å². The third kappa shape index (κ3) is 6.66. The number of benzene rings is 2. The van der Waals surface area contributed by atoms with Crippen LogP contribution in [0.2, 0.25) is 0 Å². The van der Waals surface area contributed by atoms with Gasteiger partial charge in [-0.15, -0.1) is 22.6 Å². The van der Waals surface area contributed by atoms with Crippen molar-refractivity contribution in [3.63, 3.8) is 0 Å². The molecule has 33 heavy (non-hydrogen) atoms. The lowest BCUT2D eigenvalue weighted by Gasteiger charge is -2.33. The van der Waals surface area contributed by atoms with Gasteiger partial charge in [0.1, 0.15) is 18.2 Å². The van der Waals surface area contributed by atoms with E-state index in [-0.39, 0.29) is 42.6 Å². The second-order valence-corrected chi connectivity index (χ2v) is 7.54. The zero-order valence-corrected chi connectivity index (χ0v) is 19.0. The third-order valence-electron chi connectivity index (χ3n) is 5.15. The highest BCUT2D eigenvalue weighted by Gasteiger charge is 2.24. The quantitative estimate of drug-likeness (QED) is 0.551. The first-order valence-corrected chi connectivity index (χ1v) is 10.5. The monoisotopic (exact) mass is 476 g/mol. The standard InChI is InChI=1S/C23H25FN4O4.ClH/c1-16-26-27-22(32-16)20-13-19(7-8-21(20)24)30-12-9-18-14-28(11-10-25-18)23(29)31-15-17-5-3-2-4-6-17;/h2-8,13,18,25H,9-12,14-15H2,1H3;1H/t18-;/m1./s1. The first kappa shape index (κ1) is 24.5. The lowest BCUT2D eigenvalue weighted by atomic mass is 10.1. The molecule has 0 saturated carbocycles. The summed E-state index contributed by atoms with van der Waals surface area (Å²) in [4.78, 5) is 14.1. The topological polar surface area (TPSA) is 89.7 Å². The number of carbonyl (C=O) groups is 1. The third-order valence-corrected chi connectivity index (χ3v) is 5.15. The van der Waals surface area contributed by atoms with E-state index in [9.17, 15) is 9.18 Å². The summed E-state index contributed by atoms with van der Waals surface area (Å²) in [7, 11) is 0. The Labute approximate surface area is 197 Å². The molecular weight excluding hydrogens is 451 g/mol. The molecule has 0 aliphatic carbocycles. The Balaban J connectivity index is 0.00000306. The van der Waals surface area contributed by atoms with E-state index in [0.717, 1.165) is 5.56 Å². The van der Waals surface area contributed by atoms with Gasteiger partial charge in [-0.05, 0) is 30.2 Å². The number of ether oxygens (including phenoxy) is 2. The molecule has 0 bridgehead atoms. The summed E-state index contributed by atoms with van der Waals surface area (Å²) in [6.45, 7) is 4.11. The highest BCUT2D eigenvalue weighted by atomic mass is 35.5. The van der Waals surface area contributed by atoms with Gasteiger partial charge in [-0.2, -0.15) is 0 Å². The maximum absolute atomic E-state index is 14.1. The molecule has 1 aliphatic rings. The molecule has 0 spiro atoms. The number of nitrogens with one attached hydrogen (secondary N) is 1. The van der Waals surface area contributed by atoms with Crippen LogP contribution in [0.1, 0.15) is 17.9 Å². The first-order valence-electron chi connectivity index (χ1n) is 10.5. The van der Waals surface area contributed by atoms with Gasteiger partial charge in [0.15, 0.2) is 0 Å². The number of aromatic nitrogens is 2. The van der Waals surface area contributed by atoms with Crippen LogP contribution in [0.4, 0.5) is 9.18 Å². The zero-order chi connectivity index (χ0) is 22.3. The van der Waals surface area contributed by atoms with Crippen molar-refractivity contribution in [2.45, 2.75) is 26.0 Å². The van der Waals surface area contributed by atoms with Crippen LogP contribution in [0, 0.1) is 12.7 Å². The Hall–Kier alpha value is -3.17. The van der Waals surface area contributed by atoms with E-state index in [1.54, 1.807) is 24.0 Å². The zero-order valence-electron chi connectivity index (χ0n) is 18.2. The number of piperazine rings is 1. The van der Waals surface area contributed by atoms with E-state index >= 15 is 0 Å². The Bertz CT molecular complexity index is 1050. The lowest BCUT2D eigenvalue weighted by Crippen LogP contribution is -2.53. The molecule has 3 aromatic rings. The smallest absolute Gasteiger partial charge is 0.410 e. The van der Waals surface area contributed by atoms with Crippen LogP contribution in [0.15, 0.2) is 52.9 Å². The van der Waals surface area contributed by atoms with Crippen LogP contribution in [-0.2, 0) is 11.3 Å². The summed E-state index contributed by atoms with van der Waals surface area (Å²) in [5.74, 6) is 0.525. The molecule has 8 nitrogen and oxygen atoms in total. The molecule has 4 rings (SSSR count). The van der Waals surface area contributed by atoms with Crippen LogP contribution in [-0.4, -0.2) is 53.5 Å². The maximum Gasteiger partial charge on any atom is 0.410 e. The number of halogens is 2. The van der Waals surface area contributed by atoms with E-state index in [2.05, 4.69) is 15.5 Å². The van der Waals surface area contributed by atoms with Gasteiger partial charge in [-0.1, -0.05) is 30.3 Å². The Kier molecular flexibility index (Phi) is 8.62. The van der Waals surface area contributed by atoms with Crippen LogP contribution in [0.3, 0.4) is 0 Å². The van der Waals surface area contributed by atoms with Gasteiger partial charge in [-0.3, -0.25) is 0 Å². The van der Waals surface area contributed by atoms with Crippen molar-refractivity contribution in [3.8, 4) is 17.2 Å². The average Bonchev–Trinajstić information content (AvgIpc) is 3.25. The number of nitrogens with zero attached hydrogens (tertiary/aromatic N) is 3. The average molecular weight is 477 g/mol. The summed E-state index contributed by atoms with van der Waals surface area (Å²) in [5.41, 5.74) is 1.15. The van der Waals surface area contributed by atoms with Gasteiger partial charge in [0.2, 0.25) is 5.89 Å². The van der Waals surface area contributed by atoms with E-state index in [0.29, 0.717) is 44.3 Å². The van der Waals surface area contributed by atoms with Crippen molar-refractivity contribution in [2.24, 2.45) is 0 Å². The Morgan fingerprint density at radius 2 is 2.06 bits per heavy atom. The minimum absolute atomic E-state index is 0. The highest BCUT2D eigenvalue weighted by Crippen LogP contribution is 2.26. The van der Waals surface area contributed by atoms with E-state index in [1.807, 2.05) is 30.3 Å². The molecule has 1 amide bonds. The summed E-state index contributed by atoms with van der Waals surface area (Å²) < 4.78 is 30.7. The highest BCUT2D eigenvalue weighted by molar-refractivity contribution is 5.85. The summed E-state index contributed by atoms with van der Waals surface area (Å²) >= 11 is 0. The molecule has 1 saturated heterocycles.